The zero-order valence-electron chi connectivity index (χ0n) is 12.2. The lowest BCUT2D eigenvalue weighted by molar-refractivity contribution is 0.477. The van der Waals surface area contributed by atoms with Crippen LogP contribution in [-0.2, 0) is 0 Å². The lowest BCUT2D eigenvalue weighted by Gasteiger charge is -2.00. The number of aromatic nitrogens is 2. The molecule has 0 bridgehead atoms. The van der Waals surface area contributed by atoms with Gasteiger partial charge in [0.05, 0.1) is 11.4 Å². The van der Waals surface area contributed by atoms with Crippen LogP contribution in [0.25, 0.3) is 5.65 Å². The van der Waals surface area contributed by atoms with Crippen LogP contribution in [0.4, 0.5) is 11.5 Å². The van der Waals surface area contributed by atoms with E-state index in [-0.39, 0.29) is 5.75 Å². The predicted octanol–water partition coefficient (Wildman–Crippen LogP) is 4.38. The molecule has 3 aromatic rings. The number of azo groups is 1. The third-order valence-corrected chi connectivity index (χ3v) is 3.52. The van der Waals surface area contributed by atoms with E-state index < -0.39 is 0 Å². The van der Waals surface area contributed by atoms with Gasteiger partial charge in [0.15, 0.2) is 17.2 Å². The molecule has 0 atom stereocenters. The largest absolute Gasteiger partial charge is 0.504 e. The van der Waals surface area contributed by atoms with Crippen molar-refractivity contribution in [2.24, 2.45) is 10.2 Å². The third kappa shape index (κ3) is 2.38. The van der Waals surface area contributed by atoms with Crippen molar-refractivity contribution in [2.75, 3.05) is 0 Å². The van der Waals surface area contributed by atoms with Crippen LogP contribution < -0.4 is 0 Å². The predicted molar refractivity (Wildman–Crippen MR) is 81.7 cm³/mol. The molecule has 0 spiro atoms. The number of benzene rings is 1. The van der Waals surface area contributed by atoms with Crippen LogP contribution in [-0.4, -0.2) is 14.5 Å². The second-order valence-electron chi connectivity index (χ2n) is 5.08. The van der Waals surface area contributed by atoms with E-state index in [0.717, 1.165) is 11.4 Å². The van der Waals surface area contributed by atoms with Crippen molar-refractivity contribution in [3.05, 3.63) is 53.3 Å². The van der Waals surface area contributed by atoms with Gasteiger partial charge in [-0.05, 0) is 56.2 Å². The maximum absolute atomic E-state index is 9.81. The van der Waals surface area contributed by atoms with Crippen LogP contribution in [0.1, 0.15) is 16.8 Å². The number of nitrogens with zero attached hydrogens (tertiary/aromatic N) is 4. The van der Waals surface area contributed by atoms with E-state index in [1.54, 1.807) is 16.5 Å². The SMILES string of the molecule is Cc1ccc(N=Nc2c(C)nc3c(O)cccn23)cc1C. The minimum absolute atomic E-state index is 0.133. The van der Waals surface area contributed by atoms with Gasteiger partial charge in [-0.25, -0.2) is 4.98 Å². The highest BCUT2D eigenvalue weighted by atomic mass is 16.3. The van der Waals surface area contributed by atoms with Crippen molar-refractivity contribution in [1.29, 1.82) is 0 Å². The van der Waals surface area contributed by atoms with Crippen LogP contribution in [0.2, 0.25) is 0 Å². The molecule has 2 heterocycles. The van der Waals surface area contributed by atoms with Crippen LogP contribution in [0.3, 0.4) is 0 Å². The summed E-state index contributed by atoms with van der Waals surface area (Å²) in [4.78, 5) is 4.32. The second kappa shape index (κ2) is 5.01. The molecule has 0 saturated carbocycles. The van der Waals surface area contributed by atoms with Gasteiger partial charge in [0.1, 0.15) is 0 Å². The van der Waals surface area contributed by atoms with Crippen LogP contribution in [0.5, 0.6) is 5.75 Å². The Balaban J connectivity index is 2.05. The van der Waals surface area contributed by atoms with Crippen molar-refractivity contribution in [3.63, 3.8) is 0 Å². The molecular formula is C16H16N4O. The van der Waals surface area contributed by atoms with Gasteiger partial charge in [-0.3, -0.25) is 4.40 Å². The normalized spacial score (nSPS) is 11.6. The first-order valence-electron chi connectivity index (χ1n) is 6.72. The fourth-order valence-corrected chi connectivity index (χ4v) is 2.17. The zero-order chi connectivity index (χ0) is 15.0. The number of aryl methyl sites for hydroxylation is 3. The standard InChI is InChI=1S/C16H16N4O/c1-10-6-7-13(9-11(10)2)18-19-15-12(3)17-16-14(21)5-4-8-20(15)16/h4-9,21H,1-3H3. The summed E-state index contributed by atoms with van der Waals surface area (Å²) in [6.07, 6.45) is 1.81. The summed E-state index contributed by atoms with van der Waals surface area (Å²) in [7, 11) is 0. The minimum Gasteiger partial charge on any atom is -0.504 e. The van der Waals surface area contributed by atoms with E-state index in [1.165, 1.54) is 11.1 Å². The molecule has 3 rings (SSSR count). The molecule has 0 aliphatic carbocycles. The molecule has 5 nitrogen and oxygen atoms in total. The number of fused-ring (bicyclic) bond motifs is 1. The first kappa shape index (κ1) is 13.3. The van der Waals surface area contributed by atoms with Crippen molar-refractivity contribution in [1.82, 2.24) is 9.38 Å². The lowest BCUT2D eigenvalue weighted by Crippen LogP contribution is -1.82. The molecule has 0 saturated heterocycles. The van der Waals surface area contributed by atoms with Gasteiger partial charge in [0.25, 0.3) is 0 Å². The molecule has 5 heteroatoms. The Labute approximate surface area is 122 Å². The quantitative estimate of drug-likeness (QED) is 0.708. The first-order chi connectivity index (χ1) is 10.1. The maximum Gasteiger partial charge on any atom is 0.182 e. The van der Waals surface area contributed by atoms with E-state index in [2.05, 4.69) is 22.1 Å². The molecule has 0 unspecified atom stereocenters. The summed E-state index contributed by atoms with van der Waals surface area (Å²) in [6.45, 7) is 5.96. The minimum atomic E-state index is 0.133. The number of hydrogen-bond donors (Lipinski definition) is 1. The first-order valence-corrected chi connectivity index (χ1v) is 6.72. The number of imidazole rings is 1. The van der Waals surface area contributed by atoms with Crippen LogP contribution >= 0.6 is 0 Å². The number of pyridine rings is 1. The number of aromatic hydroxyl groups is 1. The van der Waals surface area contributed by atoms with Crippen molar-refractivity contribution >= 4 is 17.2 Å². The highest BCUT2D eigenvalue weighted by Crippen LogP contribution is 2.27. The van der Waals surface area contributed by atoms with E-state index in [1.807, 2.05) is 38.2 Å². The van der Waals surface area contributed by atoms with Crippen molar-refractivity contribution in [3.8, 4) is 5.75 Å². The van der Waals surface area contributed by atoms with Gasteiger partial charge in [0, 0.05) is 6.20 Å². The fourth-order valence-electron chi connectivity index (χ4n) is 2.17. The summed E-state index contributed by atoms with van der Waals surface area (Å²) in [6, 6.07) is 9.30. The molecule has 0 aliphatic heterocycles. The molecular weight excluding hydrogens is 264 g/mol. The second-order valence-corrected chi connectivity index (χ2v) is 5.08. The van der Waals surface area contributed by atoms with Crippen molar-refractivity contribution in [2.45, 2.75) is 20.8 Å². The monoisotopic (exact) mass is 280 g/mol. The summed E-state index contributed by atoms with van der Waals surface area (Å²) in [5.41, 5.74) is 4.42. The van der Waals surface area contributed by atoms with Gasteiger partial charge in [-0.2, -0.15) is 0 Å². The third-order valence-electron chi connectivity index (χ3n) is 3.52. The molecule has 0 amide bonds. The Morgan fingerprint density at radius 3 is 2.62 bits per heavy atom. The Hall–Kier alpha value is -2.69. The van der Waals surface area contributed by atoms with E-state index in [9.17, 15) is 5.11 Å². The van der Waals surface area contributed by atoms with Crippen LogP contribution in [0, 0.1) is 20.8 Å². The molecule has 1 N–H and O–H groups in total. The Kier molecular flexibility index (Phi) is 3.17. The zero-order valence-corrected chi connectivity index (χ0v) is 12.2. The van der Waals surface area contributed by atoms with Crippen LogP contribution in [0.15, 0.2) is 46.8 Å². The average Bonchev–Trinajstić information content (AvgIpc) is 2.78. The number of rotatable bonds is 2. The summed E-state index contributed by atoms with van der Waals surface area (Å²) in [5.74, 6) is 0.757. The maximum atomic E-state index is 9.81. The van der Waals surface area contributed by atoms with E-state index >= 15 is 0 Å². The van der Waals surface area contributed by atoms with E-state index in [0.29, 0.717) is 11.5 Å². The highest BCUT2D eigenvalue weighted by molar-refractivity contribution is 5.60. The molecule has 0 aliphatic rings. The summed E-state index contributed by atoms with van der Waals surface area (Å²) < 4.78 is 1.73. The molecule has 2 aromatic heterocycles. The topological polar surface area (TPSA) is 62.2 Å². The lowest BCUT2D eigenvalue weighted by atomic mass is 10.1. The Morgan fingerprint density at radius 2 is 1.86 bits per heavy atom. The van der Waals surface area contributed by atoms with Gasteiger partial charge in [-0.15, -0.1) is 10.2 Å². The number of hydrogen-bond acceptors (Lipinski definition) is 4. The van der Waals surface area contributed by atoms with Gasteiger partial charge >= 0.3 is 0 Å². The Morgan fingerprint density at radius 1 is 1.05 bits per heavy atom. The smallest absolute Gasteiger partial charge is 0.182 e. The fraction of sp³-hybridized carbons (Fsp3) is 0.188. The van der Waals surface area contributed by atoms with Gasteiger partial charge < -0.3 is 5.11 Å². The summed E-state index contributed by atoms with van der Waals surface area (Å²) >= 11 is 0. The molecule has 1 aromatic carbocycles. The average molecular weight is 280 g/mol. The van der Waals surface area contributed by atoms with Crippen molar-refractivity contribution < 1.29 is 5.11 Å². The molecule has 21 heavy (non-hydrogen) atoms. The molecule has 106 valence electrons. The highest BCUT2D eigenvalue weighted by Gasteiger charge is 2.10. The molecule has 0 fully saturated rings. The summed E-state index contributed by atoms with van der Waals surface area (Å²) in [5, 5.41) is 18.4. The Bertz CT molecular complexity index is 849. The molecule has 0 radical (unpaired) electrons. The van der Waals surface area contributed by atoms with Gasteiger partial charge in [-0.1, -0.05) is 6.07 Å². The van der Waals surface area contributed by atoms with Gasteiger partial charge in [0.2, 0.25) is 0 Å². The van der Waals surface area contributed by atoms with E-state index in [4.69, 9.17) is 0 Å².